The van der Waals surface area contributed by atoms with Gasteiger partial charge in [0.2, 0.25) is 0 Å². The molecule has 8 heteroatoms. The Labute approximate surface area is 207 Å². The molecule has 0 spiro atoms. The van der Waals surface area contributed by atoms with E-state index >= 15 is 0 Å². The third-order valence-corrected chi connectivity index (χ3v) is 6.64. The van der Waals surface area contributed by atoms with Crippen LogP contribution in [-0.4, -0.2) is 31.6 Å². The van der Waals surface area contributed by atoms with Crippen molar-refractivity contribution < 1.29 is 9.84 Å². The molecule has 3 heterocycles. The summed E-state index contributed by atoms with van der Waals surface area (Å²) >= 11 is 6.73. The van der Waals surface area contributed by atoms with Gasteiger partial charge in [0.1, 0.15) is 34.4 Å². The summed E-state index contributed by atoms with van der Waals surface area (Å²) in [5, 5.41) is 10.7. The molecule has 0 fully saturated rings. The van der Waals surface area contributed by atoms with E-state index in [1.165, 1.54) is 0 Å². The highest BCUT2D eigenvalue weighted by atomic mass is 35.5. The van der Waals surface area contributed by atoms with Gasteiger partial charge in [-0.05, 0) is 36.8 Å². The number of halogens is 1. The normalized spacial score (nSPS) is 12.1. The van der Waals surface area contributed by atoms with E-state index in [1.54, 1.807) is 43.9 Å². The number of rotatable bonds is 5. The number of benzene rings is 2. The van der Waals surface area contributed by atoms with E-state index in [2.05, 4.69) is 9.97 Å². The Balaban J connectivity index is 1.76. The summed E-state index contributed by atoms with van der Waals surface area (Å²) < 4.78 is 7.89. The monoisotopic (exact) mass is 485 g/mol. The van der Waals surface area contributed by atoms with Crippen LogP contribution in [0.3, 0.4) is 0 Å². The van der Waals surface area contributed by atoms with Gasteiger partial charge in [-0.1, -0.05) is 36.7 Å². The Kier molecular flexibility index (Phi) is 5.78. The summed E-state index contributed by atoms with van der Waals surface area (Å²) in [7, 11) is 1.66. The molecule has 0 saturated heterocycles. The number of methoxy groups -OCH3 is 1. The van der Waals surface area contributed by atoms with Gasteiger partial charge < -0.3 is 15.6 Å². The number of ether oxygens (including phenoxy) is 1. The third-order valence-electron chi connectivity index (χ3n) is 6.24. The van der Waals surface area contributed by atoms with Gasteiger partial charge in [0.25, 0.3) is 0 Å². The highest BCUT2D eigenvalue weighted by Crippen LogP contribution is 2.44. The van der Waals surface area contributed by atoms with Crippen LogP contribution in [-0.2, 0) is 0 Å². The molecule has 3 N–H and O–H groups in total. The fraction of sp³-hybridized carbons (Fsp3) is 0.148. The van der Waals surface area contributed by atoms with Gasteiger partial charge in [-0.15, -0.1) is 0 Å². The van der Waals surface area contributed by atoms with Gasteiger partial charge in [0.05, 0.1) is 7.11 Å². The summed E-state index contributed by atoms with van der Waals surface area (Å²) in [5.41, 5.74) is 11.9. The zero-order chi connectivity index (χ0) is 24.7. The van der Waals surface area contributed by atoms with E-state index < -0.39 is 0 Å². The molecule has 176 valence electrons. The Morgan fingerprint density at radius 1 is 1.11 bits per heavy atom. The molecule has 0 aliphatic carbocycles. The number of aromatic hydroxyl groups is 1. The third kappa shape index (κ3) is 3.84. The number of hydrogen-bond donors (Lipinski definition) is 2. The van der Waals surface area contributed by atoms with Crippen molar-refractivity contribution in [3.05, 3.63) is 89.2 Å². The number of phenols is 1. The number of fused-ring (bicyclic) bond motifs is 1. The molecular formula is C27H24ClN5O2. The van der Waals surface area contributed by atoms with Crippen LogP contribution in [0.1, 0.15) is 29.8 Å². The molecule has 1 unspecified atom stereocenters. The number of nitrogens with zero attached hydrogens (tertiary/aromatic N) is 4. The van der Waals surface area contributed by atoms with Gasteiger partial charge >= 0.3 is 0 Å². The maximum Gasteiger partial charge on any atom is 0.150 e. The first kappa shape index (κ1) is 22.7. The Morgan fingerprint density at radius 2 is 1.91 bits per heavy atom. The van der Waals surface area contributed by atoms with Crippen molar-refractivity contribution in [3.8, 4) is 33.9 Å². The zero-order valence-corrected chi connectivity index (χ0v) is 20.3. The number of nitrogen functional groups attached to an aromatic ring is 1. The summed E-state index contributed by atoms with van der Waals surface area (Å²) in [6.07, 6.45) is 7.01. The number of phenolic OH excluding ortho intramolecular Hbond substituents is 1. The van der Waals surface area contributed by atoms with Crippen LogP contribution in [0.4, 0.5) is 5.82 Å². The van der Waals surface area contributed by atoms with Crippen molar-refractivity contribution in [2.45, 2.75) is 19.8 Å². The molecule has 0 aliphatic heterocycles. The smallest absolute Gasteiger partial charge is 0.150 e. The van der Waals surface area contributed by atoms with E-state index in [0.29, 0.717) is 27.8 Å². The van der Waals surface area contributed by atoms with Crippen LogP contribution in [0.15, 0.2) is 67.3 Å². The Bertz CT molecular complexity index is 1550. The Morgan fingerprint density at radius 3 is 2.63 bits per heavy atom. The van der Waals surface area contributed by atoms with Crippen molar-refractivity contribution in [2.24, 2.45) is 0 Å². The molecule has 5 rings (SSSR count). The second-order valence-corrected chi connectivity index (χ2v) is 8.75. The number of pyridine rings is 1. The first-order chi connectivity index (χ1) is 16.9. The number of hydrogen-bond acceptors (Lipinski definition) is 6. The van der Waals surface area contributed by atoms with Gasteiger partial charge in [-0.2, -0.15) is 0 Å². The van der Waals surface area contributed by atoms with Crippen LogP contribution >= 0.6 is 11.6 Å². The summed E-state index contributed by atoms with van der Waals surface area (Å²) in [6, 6.07) is 12.7. The van der Waals surface area contributed by atoms with Crippen LogP contribution in [0.2, 0.25) is 5.02 Å². The van der Waals surface area contributed by atoms with Crippen molar-refractivity contribution in [3.63, 3.8) is 0 Å². The number of aromatic nitrogens is 4. The second-order valence-electron chi connectivity index (χ2n) is 8.34. The largest absolute Gasteiger partial charge is 0.508 e. The maximum atomic E-state index is 10.1. The topological polar surface area (TPSA) is 98.6 Å². The lowest BCUT2D eigenvalue weighted by atomic mass is 9.91. The minimum Gasteiger partial charge on any atom is -0.508 e. The number of anilines is 1. The summed E-state index contributed by atoms with van der Waals surface area (Å²) in [6.45, 7) is 4.02. The zero-order valence-electron chi connectivity index (χ0n) is 19.5. The fourth-order valence-electron chi connectivity index (χ4n) is 4.53. The molecule has 0 bridgehead atoms. The minimum atomic E-state index is -0.223. The van der Waals surface area contributed by atoms with E-state index in [4.69, 9.17) is 27.1 Å². The molecule has 7 nitrogen and oxygen atoms in total. The number of imidazole rings is 1. The van der Waals surface area contributed by atoms with E-state index in [0.717, 1.165) is 33.6 Å². The SMILES string of the molecule is COc1c(C(C)c2nc(-c3cccc(O)c3)c3c(N)nccn23)cc(Cl)c(C)c1-c1cccnc1. The molecule has 5 aromatic rings. The van der Waals surface area contributed by atoms with Crippen LogP contribution in [0, 0.1) is 6.92 Å². The van der Waals surface area contributed by atoms with Crippen LogP contribution in [0.25, 0.3) is 27.9 Å². The lowest BCUT2D eigenvalue weighted by Gasteiger charge is -2.21. The molecule has 1 atom stereocenters. The average Bonchev–Trinajstić information content (AvgIpc) is 3.26. The van der Waals surface area contributed by atoms with Crippen LogP contribution < -0.4 is 10.5 Å². The van der Waals surface area contributed by atoms with Crippen molar-refractivity contribution in [1.82, 2.24) is 19.4 Å². The highest BCUT2D eigenvalue weighted by molar-refractivity contribution is 6.32. The average molecular weight is 486 g/mol. The predicted octanol–water partition coefficient (Wildman–Crippen LogP) is 5.87. The molecule has 0 radical (unpaired) electrons. The summed E-state index contributed by atoms with van der Waals surface area (Å²) in [4.78, 5) is 13.5. The maximum absolute atomic E-state index is 10.1. The fourth-order valence-corrected chi connectivity index (χ4v) is 4.74. The van der Waals surface area contributed by atoms with Crippen molar-refractivity contribution in [1.29, 1.82) is 0 Å². The first-order valence-corrected chi connectivity index (χ1v) is 11.5. The predicted molar refractivity (Wildman–Crippen MR) is 138 cm³/mol. The molecule has 2 aromatic carbocycles. The van der Waals surface area contributed by atoms with Crippen LogP contribution in [0.5, 0.6) is 11.5 Å². The van der Waals surface area contributed by atoms with E-state index in [-0.39, 0.29) is 11.7 Å². The van der Waals surface area contributed by atoms with Gasteiger partial charge in [0, 0.05) is 58.0 Å². The standard InChI is InChI=1S/C27H24ClN5O2/c1-15(20-13-21(28)16(2)22(25(20)35-3)18-7-5-9-30-14-18)27-32-23(17-6-4-8-19(34)12-17)24-26(29)31-10-11-33(24)27/h4-15,34H,1-3H3,(H2,29,31). The number of nitrogens with two attached hydrogens (primary N) is 1. The van der Waals surface area contributed by atoms with Crippen molar-refractivity contribution >= 4 is 22.9 Å². The molecule has 0 aliphatic rings. The van der Waals surface area contributed by atoms with Gasteiger partial charge in [-0.3, -0.25) is 9.38 Å². The second kappa shape index (κ2) is 8.92. The van der Waals surface area contributed by atoms with E-state index in [9.17, 15) is 5.11 Å². The molecule has 0 amide bonds. The van der Waals surface area contributed by atoms with Gasteiger partial charge in [-0.25, -0.2) is 9.97 Å². The van der Waals surface area contributed by atoms with E-state index in [1.807, 2.05) is 48.7 Å². The quantitative estimate of drug-likeness (QED) is 0.323. The Hall–Kier alpha value is -4.10. The lowest BCUT2D eigenvalue weighted by molar-refractivity contribution is 0.409. The highest BCUT2D eigenvalue weighted by Gasteiger charge is 2.26. The lowest BCUT2D eigenvalue weighted by Crippen LogP contribution is -2.07. The molecular weight excluding hydrogens is 462 g/mol. The molecule has 35 heavy (non-hydrogen) atoms. The molecule has 0 saturated carbocycles. The summed E-state index contributed by atoms with van der Waals surface area (Å²) in [5.74, 6) is 1.72. The van der Waals surface area contributed by atoms with Crippen molar-refractivity contribution in [2.75, 3.05) is 12.8 Å². The minimum absolute atomic E-state index is 0.147. The first-order valence-electron chi connectivity index (χ1n) is 11.1. The van der Waals surface area contributed by atoms with Gasteiger partial charge in [0.15, 0.2) is 0 Å². The molecule has 3 aromatic heterocycles.